The van der Waals surface area contributed by atoms with Gasteiger partial charge in [-0.05, 0) is 52.0 Å². The van der Waals surface area contributed by atoms with Crippen LogP contribution in [0.3, 0.4) is 0 Å². The molecule has 0 bridgehead atoms. The third-order valence-electron chi connectivity index (χ3n) is 4.24. The maximum Gasteiger partial charge on any atom is 0.257 e. The molecule has 1 amide bonds. The number of ether oxygens (including phenoxy) is 4. The number of hydrogen-bond donors (Lipinski definition) is 1. The van der Waals surface area contributed by atoms with Gasteiger partial charge >= 0.3 is 0 Å². The van der Waals surface area contributed by atoms with Crippen LogP contribution in [-0.2, 0) is 6.61 Å². The topological polar surface area (TPSA) is 91.8 Å². The second-order valence-corrected chi connectivity index (χ2v) is 7.72. The van der Waals surface area contributed by atoms with Crippen LogP contribution in [0, 0.1) is 6.92 Å². The van der Waals surface area contributed by atoms with E-state index in [1.807, 2.05) is 52.0 Å². The lowest BCUT2D eigenvalue weighted by molar-refractivity contribution is 0.102. The SMILES string of the molecule is CCOc1cc(C(=O)Nc2nnc(COc3ccc(C)cc3)s2)cc(OCC)c1OCC. The Balaban J connectivity index is 1.71. The van der Waals surface area contributed by atoms with Crippen LogP contribution in [0.4, 0.5) is 5.13 Å². The fourth-order valence-corrected chi connectivity index (χ4v) is 3.48. The van der Waals surface area contributed by atoms with Gasteiger partial charge in [0.1, 0.15) is 12.4 Å². The molecule has 32 heavy (non-hydrogen) atoms. The Labute approximate surface area is 191 Å². The predicted octanol–water partition coefficient (Wildman–Crippen LogP) is 4.87. The Morgan fingerprint density at radius 2 is 1.53 bits per heavy atom. The summed E-state index contributed by atoms with van der Waals surface area (Å²) in [7, 11) is 0. The van der Waals surface area contributed by atoms with Gasteiger partial charge in [0.05, 0.1) is 19.8 Å². The fraction of sp³-hybridized carbons (Fsp3) is 0.348. The van der Waals surface area contributed by atoms with Crippen molar-refractivity contribution < 1.29 is 23.7 Å². The molecule has 0 unspecified atom stereocenters. The lowest BCUT2D eigenvalue weighted by Gasteiger charge is -2.16. The third-order valence-corrected chi connectivity index (χ3v) is 5.05. The maximum absolute atomic E-state index is 12.9. The normalized spacial score (nSPS) is 10.5. The molecule has 8 nitrogen and oxygen atoms in total. The van der Waals surface area contributed by atoms with Crippen LogP contribution < -0.4 is 24.3 Å². The van der Waals surface area contributed by atoms with Crippen LogP contribution in [0.25, 0.3) is 0 Å². The molecule has 0 saturated heterocycles. The van der Waals surface area contributed by atoms with Crippen LogP contribution in [-0.4, -0.2) is 35.9 Å². The number of nitrogens with one attached hydrogen (secondary N) is 1. The second kappa shape index (κ2) is 11.3. The average molecular weight is 458 g/mol. The fourth-order valence-electron chi connectivity index (χ4n) is 2.83. The molecule has 3 rings (SSSR count). The summed E-state index contributed by atoms with van der Waals surface area (Å²) in [5, 5.41) is 11.9. The van der Waals surface area contributed by atoms with Gasteiger partial charge in [-0.15, -0.1) is 10.2 Å². The van der Waals surface area contributed by atoms with Crippen LogP contribution in [0.1, 0.15) is 41.7 Å². The highest BCUT2D eigenvalue weighted by Crippen LogP contribution is 2.39. The van der Waals surface area contributed by atoms with E-state index in [0.717, 1.165) is 11.3 Å². The summed E-state index contributed by atoms with van der Waals surface area (Å²) in [5.74, 6) is 1.79. The summed E-state index contributed by atoms with van der Waals surface area (Å²) in [6, 6.07) is 11.0. The van der Waals surface area contributed by atoms with Crippen molar-refractivity contribution in [2.24, 2.45) is 0 Å². The van der Waals surface area contributed by atoms with Crippen LogP contribution in [0.5, 0.6) is 23.0 Å². The number of anilines is 1. The summed E-state index contributed by atoms with van der Waals surface area (Å²) in [6.07, 6.45) is 0. The molecule has 0 atom stereocenters. The molecule has 0 aliphatic heterocycles. The monoisotopic (exact) mass is 457 g/mol. The number of hydrogen-bond acceptors (Lipinski definition) is 8. The minimum atomic E-state index is -0.350. The van der Waals surface area contributed by atoms with Crippen molar-refractivity contribution in [2.45, 2.75) is 34.3 Å². The Bertz CT molecular complexity index is 1010. The smallest absolute Gasteiger partial charge is 0.257 e. The number of carbonyl (C=O) groups excluding carboxylic acids is 1. The summed E-state index contributed by atoms with van der Waals surface area (Å²) < 4.78 is 22.8. The molecule has 0 aliphatic rings. The standard InChI is InChI=1S/C23H27N3O5S/c1-5-28-18-12-16(13-19(29-6-2)21(18)30-7-3)22(27)24-23-26-25-20(32-23)14-31-17-10-8-15(4)9-11-17/h8-13H,5-7,14H2,1-4H3,(H,24,26,27). The van der Waals surface area contributed by atoms with E-state index >= 15 is 0 Å². The molecular weight excluding hydrogens is 430 g/mol. The van der Waals surface area contributed by atoms with Gasteiger partial charge in [-0.2, -0.15) is 0 Å². The van der Waals surface area contributed by atoms with Crippen molar-refractivity contribution >= 4 is 22.4 Å². The molecule has 0 aliphatic carbocycles. The predicted molar refractivity (Wildman–Crippen MR) is 123 cm³/mol. The second-order valence-electron chi connectivity index (χ2n) is 6.66. The summed E-state index contributed by atoms with van der Waals surface area (Å²) in [4.78, 5) is 12.9. The van der Waals surface area contributed by atoms with E-state index in [1.54, 1.807) is 12.1 Å². The number of aryl methyl sites for hydroxylation is 1. The van der Waals surface area contributed by atoms with Gasteiger partial charge in [0, 0.05) is 5.56 Å². The molecule has 0 saturated carbocycles. The molecule has 0 radical (unpaired) electrons. The van der Waals surface area contributed by atoms with Crippen molar-refractivity contribution in [2.75, 3.05) is 25.1 Å². The Morgan fingerprint density at radius 1 is 0.906 bits per heavy atom. The Kier molecular flexibility index (Phi) is 8.27. The first-order valence-electron chi connectivity index (χ1n) is 10.4. The largest absolute Gasteiger partial charge is 0.490 e. The highest BCUT2D eigenvalue weighted by atomic mass is 32.1. The van der Waals surface area contributed by atoms with Crippen LogP contribution in [0.15, 0.2) is 36.4 Å². The van der Waals surface area contributed by atoms with Gasteiger partial charge in [-0.3, -0.25) is 10.1 Å². The van der Waals surface area contributed by atoms with E-state index in [4.69, 9.17) is 18.9 Å². The lowest BCUT2D eigenvalue weighted by atomic mass is 10.1. The zero-order valence-corrected chi connectivity index (χ0v) is 19.5. The molecule has 2 aromatic carbocycles. The van der Waals surface area contributed by atoms with E-state index < -0.39 is 0 Å². The number of rotatable bonds is 11. The third kappa shape index (κ3) is 6.10. The first-order valence-corrected chi connectivity index (χ1v) is 11.2. The van der Waals surface area contributed by atoms with E-state index in [2.05, 4.69) is 15.5 Å². The molecule has 1 N–H and O–H groups in total. The molecular formula is C23H27N3O5S. The average Bonchev–Trinajstić information content (AvgIpc) is 3.23. The highest BCUT2D eigenvalue weighted by Gasteiger charge is 2.19. The van der Waals surface area contributed by atoms with Gasteiger partial charge in [-0.1, -0.05) is 29.0 Å². The van der Waals surface area contributed by atoms with E-state index in [1.165, 1.54) is 11.3 Å². The molecule has 1 heterocycles. The zero-order chi connectivity index (χ0) is 22.9. The van der Waals surface area contributed by atoms with E-state index in [9.17, 15) is 4.79 Å². The summed E-state index contributed by atoms with van der Waals surface area (Å²) >= 11 is 1.25. The minimum absolute atomic E-state index is 0.266. The first kappa shape index (κ1) is 23.3. The van der Waals surface area contributed by atoms with E-state index in [0.29, 0.717) is 52.8 Å². The highest BCUT2D eigenvalue weighted by molar-refractivity contribution is 7.15. The maximum atomic E-state index is 12.9. The molecule has 170 valence electrons. The van der Waals surface area contributed by atoms with Gasteiger partial charge < -0.3 is 18.9 Å². The Hall–Kier alpha value is -3.33. The zero-order valence-electron chi connectivity index (χ0n) is 18.6. The van der Waals surface area contributed by atoms with Crippen molar-refractivity contribution in [3.05, 3.63) is 52.5 Å². The Morgan fingerprint density at radius 3 is 2.12 bits per heavy atom. The van der Waals surface area contributed by atoms with Crippen molar-refractivity contribution in [1.29, 1.82) is 0 Å². The summed E-state index contributed by atoms with van der Waals surface area (Å²) in [5.41, 5.74) is 1.53. The molecule has 0 fully saturated rings. The first-order chi connectivity index (χ1) is 15.5. The van der Waals surface area contributed by atoms with Crippen molar-refractivity contribution in [3.63, 3.8) is 0 Å². The van der Waals surface area contributed by atoms with Crippen molar-refractivity contribution in [3.8, 4) is 23.0 Å². The number of benzene rings is 2. The number of nitrogens with zero attached hydrogens (tertiary/aromatic N) is 2. The van der Waals surface area contributed by atoms with Gasteiger partial charge in [0.25, 0.3) is 5.91 Å². The summed E-state index contributed by atoms with van der Waals surface area (Å²) in [6.45, 7) is 9.19. The number of aromatic nitrogens is 2. The minimum Gasteiger partial charge on any atom is -0.490 e. The van der Waals surface area contributed by atoms with Crippen molar-refractivity contribution in [1.82, 2.24) is 10.2 Å². The van der Waals surface area contributed by atoms with Gasteiger partial charge in [-0.25, -0.2) is 0 Å². The van der Waals surface area contributed by atoms with Crippen LogP contribution >= 0.6 is 11.3 Å². The number of carbonyl (C=O) groups is 1. The molecule has 1 aromatic heterocycles. The molecule has 0 spiro atoms. The lowest BCUT2D eigenvalue weighted by Crippen LogP contribution is -2.13. The van der Waals surface area contributed by atoms with Gasteiger partial charge in [0.15, 0.2) is 16.5 Å². The quantitative estimate of drug-likeness (QED) is 0.439. The van der Waals surface area contributed by atoms with E-state index in [-0.39, 0.29) is 12.5 Å². The molecule has 3 aromatic rings. The molecule has 9 heteroatoms. The number of amides is 1. The van der Waals surface area contributed by atoms with Gasteiger partial charge in [0.2, 0.25) is 10.9 Å². The van der Waals surface area contributed by atoms with Crippen LogP contribution in [0.2, 0.25) is 0 Å².